The van der Waals surface area contributed by atoms with E-state index >= 15 is 0 Å². The number of nitrogens with two attached hydrogens (primary N) is 1. The van der Waals surface area contributed by atoms with Gasteiger partial charge in [0.1, 0.15) is 5.82 Å². The maximum Gasteiger partial charge on any atom is 0.305 e. The van der Waals surface area contributed by atoms with Crippen molar-refractivity contribution in [3.63, 3.8) is 0 Å². The monoisotopic (exact) mass is 342 g/mol. The van der Waals surface area contributed by atoms with Gasteiger partial charge in [-0.3, -0.25) is 14.3 Å². The van der Waals surface area contributed by atoms with Gasteiger partial charge >= 0.3 is 5.97 Å². The number of aromatic nitrogens is 5. The number of nitrogens with zero attached hydrogens (tertiary/aromatic N) is 5. The van der Waals surface area contributed by atoms with Gasteiger partial charge in [-0.05, 0) is 18.6 Å². The molecule has 0 radical (unpaired) electrons. The summed E-state index contributed by atoms with van der Waals surface area (Å²) in [4.78, 5) is 28.1. The van der Waals surface area contributed by atoms with Gasteiger partial charge in [0, 0.05) is 18.3 Å². The number of hydrogen-bond donors (Lipinski definition) is 2. The van der Waals surface area contributed by atoms with Crippen LogP contribution in [0.25, 0.3) is 11.2 Å². The first-order chi connectivity index (χ1) is 12.0. The zero-order valence-electron chi connectivity index (χ0n) is 13.9. The number of aryl methyl sites for hydroxylation is 2. The van der Waals surface area contributed by atoms with E-state index in [0.717, 1.165) is 11.3 Å². The van der Waals surface area contributed by atoms with Crippen molar-refractivity contribution >= 4 is 23.0 Å². The maximum absolute atomic E-state index is 11.3. The molecule has 0 spiro atoms. The second kappa shape index (κ2) is 6.71. The van der Waals surface area contributed by atoms with Crippen LogP contribution in [-0.2, 0) is 22.5 Å². The molecule has 3 aromatic heterocycles. The number of esters is 1. The fourth-order valence-corrected chi connectivity index (χ4v) is 2.41. The Bertz CT molecular complexity index is 920. The quantitative estimate of drug-likeness (QED) is 0.656. The van der Waals surface area contributed by atoms with Crippen LogP contribution < -0.4 is 5.73 Å². The maximum atomic E-state index is 11.3. The minimum absolute atomic E-state index is 0.142. The lowest BCUT2D eigenvalue weighted by atomic mass is 10.2. The van der Waals surface area contributed by atoms with Gasteiger partial charge in [0.05, 0.1) is 20.1 Å². The van der Waals surface area contributed by atoms with Crippen LogP contribution in [0, 0.1) is 6.92 Å². The molecule has 0 atom stereocenters. The molecule has 0 saturated heterocycles. The second-order valence-corrected chi connectivity index (χ2v) is 5.58. The Hall–Kier alpha value is -3.23. The Morgan fingerprint density at radius 2 is 2.12 bits per heavy atom. The SMILES string of the molecule is COC(=O)CCc1nc(N)c2nc(O)n(Cc3ccc(C)nc3)c2n1. The molecule has 0 aliphatic rings. The third-order valence-corrected chi connectivity index (χ3v) is 3.74. The molecule has 9 nitrogen and oxygen atoms in total. The zero-order valence-corrected chi connectivity index (χ0v) is 13.9. The smallest absolute Gasteiger partial charge is 0.305 e. The largest absolute Gasteiger partial charge is 0.480 e. The fourth-order valence-electron chi connectivity index (χ4n) is 2.41. The van der Waals surface area contributed by atoms with Crippen LogP contribution in [0.1, 0.15) is 23.5 Å². The number of imidazole rings is 1. The molecule has 0 fully saturated rings. The van der Waals surface area contributed by atoms with Crippen molar-refractivity contribution in [3.8, 4) is 6.01 Å². The van der Waals surface area contributed by atoms with Crippen LogP contribution in [-0.4, -0.2) is 42.7 Å². The topological polar surface area (TPSA) is 129 Å². The lowest BCUT2D eigenvalue weighted by molar-refractivity contribution is -0.140. The average molecular weight is 342 g/mol. The van der Waals surface area contributed by atoms with Crippen LogP contribution in [0.5, 0.6) is 6.01 Å². The lowest BCUT2D eigenvalue weighted by Crippen LogP contribution is -2.08. The first kappa shape index (κ1) is 16.6. The van der Waals surface area contributed by atoms with E-state index in [-0.39, 0.29) is 30.6 Å². The summed E-state index contributed by atoms with van der Waals surface area (Å²) in [5.41, 5.74) is 8.44. The molecule has 9 heteroatoms. The molecule has 0 aliphatic heterocycles. The molecular weight excluding hydrogens is 324 g/mol. The second-order valence-electron chi connectivity index (χ2n) is 5.58. The molecule has 0 aromatic carbocycles. The van der Waals surface area contributed by atoms with Crippen molar-refractivity contribution in [1.82, 2.24) is 24.5 Å². The van der Waals surface area contributed by atoms with Gasteiger partial charge in [0.15, 0.2) is 17.0 Å². The summed E-state index contributed by atoms with van der Waals surface area (Å²) in [7, 11) is 1.32. The average Bonchev–Trinajstić information content (AvgIpc) is 2.91. The molecule has 3 aromatic rings. The summed E-state index contributed by atoms with van der Waals surface area (Å²) in [6.45, 7) is 2.23. The zero-order chi connectivity index (χ0) is 18.0. The van der Waals surface area contributed by atoms with Gasteiger partial charge < -0.3 is 15.6 Å². The van der Waals surface area contributed by atoms with Crippen molar-refractivity contribution < 1.29 is 14.6 Å². The Balaban J connectivity index is 1.97. The van der Waals surface area contributed by atoms with E-state index < -0.39 is 0 Å². The summed E-state index contributed by atoms with van der Waals surface area (Å²) in [6.07, 6.45) is 2.15. The Labute approximate surface area is 143 Å². The Morgan fingerprint density at radius 1 is 1.32 bits per heavy atom. The highest BCUT2D eigenvalue weighted by Gasteiger charge is 2.17. The number of carbonyl (C=O) groups excluding carboxylic acids is 1. The van der Waals surface area contributed by atoms with Crippen molar-refractivity contribution in [2.75, 3.05) is 12.8 Å². The van der Waals surface area contributed by atoms with E-state index in [1.165, 1.54) is 11.7 Å². The molecule has 0 unspecified atom stereocenters. The van der Waals surface area contributed by atoms with Crippen molar-refractivity contribution in [2.45, 2.75) is 26.3 Å². The molecule has 3 heterocycles. The van der Waals surface area contributed by atoms with Crippen molar-refractivity contribution in [1.29, 1.82) is 0 Å². The molecule has 0 amide bonds. The highest BCUT2D eigenvalue weighted by molar-refractivity contribution is 5.83. The number of aromatic hydroxyl groups is 1. The van der Waals surface area contributed by atoms with Crippen molar-refractivity contribution in [3.05, 3.63) is 35.4 Å². The molecule has 130 valence electrons. The number of rotatable bonds is 5. The number of fused-ring (bicyclic) bond motifs is 1. The molecule has 3 rings (SSSR count). The van der Waals surface area contributed by atoms with Crippen LogP contribution in [0.15, 0.2) is 18.3 Å². The molecular formula is C16H18N6O3. The van der Waals surface area contributed by atoms with Crippen molar-refractivity contribution in [2.24, 2.45) is 0 Å². The number of carbonyl (C=O) groups is 1. The normalized spacial score (nSPS) is 11.0. The van der Waals surface area contributed by atoms with Crippen LogP contribution in [0.2, 0.25) is 0 Å². The highest BCUT2D eigenvalue weighted by Crippen LogP contribution is 2.24. The number of anilines is 1. The van der Waals surface area contributed by atoms with E-state index in [1.807, 2.05) is 19.1 Å². The fraction of sp³-hybridized carbons (Fsp3) is 0.312. The summed E-state index contributed by atoms with van der Waals surface area (Å²) >= 11 is 0. The van der Waals surface area contributed by atoms with E-state index in [9.17, 15) is 9.90 Å². The Kier molecular flexibility index (Phi) is 4.46. The standard InChI is InChI=1S/C16H18N6O3/c1-9-3-4-10(7-18-9)8-22-15-13(21-16(22)24)14(17)19-11(20-15)5-6-12(23)25-2/h3-4,7H,5-6,8H2,1-2H3,(H,21,24)(H2,17,19,20). The number of pyridine rings is 1. The predicted octanol–water partition coefficient (Wildman–Crippen LogP) is 0.971. The van der Waals surface area contributed by atoms with Crippen LogP contribution >= 0.6 is 0 Å². The molecule has 0 saturated carbocycles. The first-order valence-corrected chi connectivity index (χ1v) is 7.68. The van der Waals surface area contributed by atoms with Gasteiger partial charge in [-0.25, -0.2) is 9.97 Å². The summed E-state index contributed by atoms with van der Waals surface area (Å²) in [5, 5.41) is 10.2. The number of hydrogen-bond acceptors (Lipinski definition) is 8. The number of nitrogen functional groups attached to an aromatic ring is 1. The summed E-state index contributed by atoms with van der Waals surface area (Å²) in [6, 6.07) is 3.59. The minimum atomic E-state index is -0.357. The molecule has 25 heavy (non-hydrogen) atoms. The van der Waals surface area contributed by atoms with Gasteiger partial charge in [-0.15, -0.1) is 0 Å². The van der Waals surface area contributed by atoms with Crippen LogP contribution in [0.3, 0.4) is 0 Å². The van der Waals surface area contributed by atoms with E-state index in [1.54, 1.807) is 6.20 Å². The van der Waals surface area contributed by atoms with E-state index in [4.69, 9.17) is 5.73 Å². The summed E-state index contributed by atoms with van der Waals surface area (Å²) in [5.74, 6) is 0.184. The third-order valence-electron chi connectivity index (χ3n) is 3.74. The molecule has 0 bridgehead atoms. The van der Waals surface area contributed by atoms with Crippen LogP contribution in [0.4, 0.5) is 5.82 Å². The molecule has 0 aliphatic carbocycles. The summed E-state index contributed by atoms with van der Waals surface area (Å²) < 4.78 is 6.15. The van der Waals surface area contributed by atoms with E-state index in [0.29, 0.717) is 23.5 Å². The Morgan fingerprint density at radius 3 is 2.80 bits per heavy atom. The van der Waals surface area contributed by atoms with Gasteiger partial charge in [-0.2, -0.15) is 4.98 Å². The lowest BCUT2D eigenvalue weighted by Gasteiger charge is -2.07. The number of methoxy groups -OCH3 is 1. The minimum Gasteiger partial charge on any atom is -0.480 e. The van der Waals surface area contributed by atoms with Gasteiger partial charge in [0.25, 0.3) is 6.01 Å². The van der Waals surface area contributed by atoms with Gasteiger partial charge in [-0.1, -0.05) is 6.07 Å². The third kappa shape index (κ3) is 3.49. The first-order valence-electron chi connectivity index (χ1n) is 7.68. The van der Waals surface area contributed by atoms with Gasteiger partial charge in [0.2, 0.25) is 0 Å². The highest BCUT2D eigenvalue weighted by atomic mass is 16.5. The molecule has 3 N–H and O–H groups in total. The number of ether oxygens (including phenoxy) is 1. The van der Waals surface area contributed by atoms with E-state index in [2.05, 4.69) is 24.7 Å². The predicted molar refractivity (Wildman–Crippen MR) is 89.8 cm³/mol.